The van der Waals surface area contributed by atoms with Gasteiger partial charge in [-0.15, -0.1) is 11.3 Å². The molecule has 2 amide bonds. The molecule has 0 bridgehead atoms. The third-order valence-electron chi connectivity index (χ3n) is 4.64. The highest BCUT2D eigenvalue weighted by atomic mass is 35.5. The van der Waals surface area contributed by atoms with Crippen molar-refractivity contribution in [2.75, 3.05) is 16.8 Å². The lowest BCUT2D eigenvalue weighted by molar-refractivity contribution is -0.117. The van der Waals surface area contributed by atoms with Gasteiger partial charge in [0.1, 0.15) is 4.83 Å². The minimum absolute atomic E-state index is 0.0651. The predicted molar refractivity (Wildman–Crippen MR) is 110 cm³/mol. The van der Waals surface area contributed by atoms with Crippen LogP contribution < -0.4 is 15.8 Å². The molecule has 0 saturated carbocycles. The van der Waals surface area contributed by atoms with Crippen LogP contribution in [0.25, 0.3) is 10.2 Å². The molecule has 1 N–H and O–H groups in total. The number of benzene rings is 1. The maximum absolute atomic E-state index is 12.4. The second kappa shape index (κ2) is 7.73. The summed E-state index contributed by atoms with van der Waals surface area (Å²) >= 11 is 7.60. The normalized spacial score (nSPS) is 14.0. The molecule has 0 radical (unpaired) electrons. The van der Waals surface area contributed by atoms with Gasteiger partial charge in [-0.25, -0.2) is 4.98 Å². The van der Waals surface area contributed by atoms with Gasteiger partial charge in [0.2, 0.25) is 11.8 Å². The van der Waals surface area contributed by atoms with Crippen LogP contribution >= 0.6 is 22.9 Å². The van der Waals surface area contributed by atoms with Gasteiger partial charge in [-0.1, -0.05) is 11.6 Å². The minimum Gasteiger partial charge on any atom is -0.325 e. The standard InChI is InChI=1S/C19H17ClN4O3S/c20-14-4-3-12(24-7-1-2-17(24)26)10-15(14)22-16(25)5-8-23-11-21-18-13(19(23)27)6-9-28-18/h3-4,6,9-11H,1-2,5,7-8H2,(H,22,25). The maximum atomic E-state index is 12.4. The Bertz CT molecular complexity index is 1120. The maximum Gasteiger partial charge on any atom is 0.262 e. The van der Waals surface area contributed by atoms with Crippen LogP contribution in [-0.4, -0.2) is 27.9 Å². The predicted octanol–water partition coefficient (Wildman–Crippen LogP) is 3.27. The summed E-state index contributed by atoms with van der Waals surface area (Å²) in [5, 5.41) is 5.53. The van der Waals surface area contributed by atoms with Crippen molar-refractivity contribution < 1.29 is 9.59 Å². The number of aromatic nitrogens is 2. The summed E-state index contributed by atoms with van der Waals surface area (Å²) in [5.41, 5.74) is 1.000. The summed E-state index contributed by atoms with van der Waals surface area (Å²) in [4.78, 5) is 43.3. The Balaban J connectivity index is 1.45. The van der Waals surface area contributed by atoms with Crippen LogP contribution in [0, 0.1) is 0 Å². The fourth-order valence-corrected chi connectivity index (χ4v) is 4.07. The van der Waals surface area contributed by atoms with Crippen molar-refractivity contribution in [3.8, 4) is 0 Å². The van der Waals surface area contributed by atoms with Crippen LogP contribution in [0.1, 0.15) is 19.3 Å². The molecule has 1 aliphatic heterocycles. The van der Waals surface area contributed by atoms with Gasteiger partial charge in [-0.05, 0) is 36.1 Å². The fraction of sp³-hybridized carbons (Fsp3) is 0.263. The van der Waals surface area contributed by atoms with Crippen molar-refractivity contribution in [1.29, 1.82) is 0 Å². The summed E-state index contributed by atoms with van der Waals surface area (Å²) in [7, 11) is 0. The lowest BCUT2D eigenvalue weighted by Crippen LogP contribution is -2.24. The van der Waals surface area contributed by atoms with Crippen molar-refractivity contribution in [1.82, 2.24) is 9.55 Å². The molecule has 3 heterocycles. The van der Waals surface area contributed by atoms with Gasteiger partial charge in [0, 0.05) is 31.6 Å². The number of hydrogen-bond acceptors (Lipinski definition) is 5. The first kappa shape index (κ1) is 18.6. The second-order valence-corrected chi connectivity index (χ2v) is 7.80. The first-order valence-corrected chi connectivity index (χ1v) is 10.1. The molecular weight excluding hydrogens is 400 g/mol. The zero-order valence-corrected chi connectivity index (χ0v) is 16.4. The van der Waals surface area contributed by atoms with E-state index in [4.69, 9.17) is 11.6 Å². The third kappa shape index (κ3) is 3.65. The zero-order chi connectivity index (χ0) is 19.7. The molecule has 1 saturated heterocycles. The zero-order valence-electron chi connectivity index (χ0n) is 14.9. The van der Waals surface area contributed by atoms with Crippen LogP contribution in [0.4, 0.5) is 11.4 Å². The van der Waals surface area contributed by atoms with Crippen LogP contribution in [0.3, 0.4) is 0 Å². The van der Waals surface area contributed by atoms with E-state index in [0.29, 0.717) is 39.6 Å². The molecule has 1 aromatic carbocycles. The first-order valence-electron chi connectivity index (χ1n) is 8.85. The van der Waals surface area contributed by atoms with Crippen molar-refractivity contribution in [3.05, 3.63) is 51.3 Å². The van der Waals surface area contributed by atoms with Crippen molar-refractivity contribution in [2.24, 2.45) is 0 Å². The van der Waals surface area contributed by atoms with E-state index in [1.54, 1.807) is 29.2 Å². The molecule has 3 aromatic rings. The Kier molecular flexibility index (Phi) is 5.15. The fourth-order valence-electron chi connectivity index (χ4n) is 3.19. The largest absolute Gasteiger partial charge is 0.325 e. The van der Waals surface area contributed by atoms with E-state index in [2.05, 4.69) is 10.3 Å². The number of aryl methyl sites for hydroxylation is 1. The van der Waals surface area contributed by atoms with E-state index in [1.165, 1.54) is 22.2 Å². The van der Waals surface area contributed by atoms with Gasteiger partial charge in [0.05, 0.1) is 22.4 Å². The SMILES string of the molecule is O=C(CCn1cnc2sccc2c1=O)Nc1cc(N2CCCC2=O)ccc1Cl. The van der Waals surface area contributed by atoms with Gasteiger partial charge in [-0.2, -0.15) is 0 Å². The highest BCUT2D eigenvalue weighted by Gasteiger charge is 2.22. The van der Waals surface area contributed by atoms with E-state index in [-0.39, 0.29) is 30.3 Å². The van der Waals surface area contributed by atoms with E-state index >= 15 is 0 Å². The van der Waals surface area contributed by atoms with Crippen LogP contribution in [0.15, 0.2) is 40.8 Å². The molecule has 0 atom stereocenters. The number of halogens is 1. The Morgan fingerprint density at radius 2 is 2.14 bits per heavy atom. The summed E-state index contributed by atoms with van der Waals surface area (Å²) < 4.78 is 1.43. The second-order valence-electron chi connectivity index (χ2n) is 6.49. The highest BCUT2D eigenvalue weighted by molar-refractivity contribution is 7.16. The van der Waals surface area contributed by atoms with Gasteiger partial charge in [-0.3, -0.25) is 19.0 Å². The highest BCUT2D eigenvalue weighted by Crippen LogP contribution is 2.30. The van der Waals surface area contributed by atoms with E-state index in [9.17, 15) is 14.4 Å². The molecule has 1 aliphatic rings. The van der Waals surface area contributed by atoms with Gasteiger partial charge in [0.15, 0.2) is 0 Å². The number of hydrogen-bond donors (Lipinski definition) is 1. The third-order valence-corrected chi connectivity index (χ3v) is 5.79. The molecule has 0 spiro atoms. The quantitative estimate of drug-likeness (QED) is 0.691. The Hall–Kier alpha value is -2.71. The Labute approximate surface area is 169 Å². The van der Waals surface area contributed by atoms with Crippen LogP contribution in [0.2, 0.25) is 5.02 Å². The van der Waals surface area contributed by atoms with Gasteiger partial charge in [0.25, 0.3) is 5.56 Å². The summed E-state index contributed by atoms with van der Waals surface area (Å²) in [5.74, 6) is -0.209. The number of amides is 2. The molecule has 7 nitrogen and oxygen atoms in total. The molecule has 1 fully saturated rings. The first-order chi connectivity index (χ1) is 13.5. The topological polar surface area (TPSA) is 84.3 Å². The lowest BCUT2D eigenvalue weighted by atomic mass is 10.2. The molecule has 0 aliphatic carbocycles. The molecule has 144 valence electrons. The van der Waals surface area contributed by atoms with Crippen molar-refractivity contribution >= 4 is 56.3 Å². The Morgan fingerprint density at radius 1 is 1.29 bits per heavy atom. The molecule has 28 heavy (non-hydrogen) atoms. The number of carbonyl (C=O) groups is 2. The molecular formula is C19H17ClN4O3S. The van der Waals surface area contributed by atoms with Crippen molar-refractivity contribution in [3.63, 3.8) is 0 Å². The average molecular weight is 417 g/mol. The molecule has 2 aromatic heterocycles. The van der Waals surface area contributed by atoms with Crippen LogP contribution in [-0.2, 0) is 16.1 Å². The molecule has 4 rings (SSSR count). The Morgan fingerprint density at radius 3 is 2.93 bits per heavy atom. The van der Waals surface area contributed by atoms with E-state index in [0.717, 1.165) is 6.42 Å². The average Bonchev–Trinajstić information content (AvgIpc) is 3.32. The van der Waals surface area contributed by atoms with Gasteiger partial charge < -0.3 is 10.2 Å². The number of nitrogens with one attached hydrogen (secondary N) is 1. The summed E-state index contributed by atoms with van der Waals surface area (Å²) in [6, 6.07) is 6.87. The summed E-state index contributed by atoms with van der Waals surface area (Å²) in [6.45, 7) is 0.875. The number of fused-ring (bicyclic) bond motifs is 1. The number of carbonyl (C=O) groups excluding carboxylic acids is 2. The van der Waals surface area contributed by atoms with Crippen molar-refractivity contribution in [2.45, 2.75) is 25.8 Å². The smallest absolute Gasteiger partial charge is 0.262 e. The molecule has 9 heteroatoms. The number of nitrogens with zero attached hydrogens (tertiary/aromatic N) is 3. The lowest BCUT2D eigenvalue weighted by Gasteiger charge is -2.17. The van der Waals surface area contributed by atoms with Crippen LogP contribution in [0.5, 0.6) is 0 Å². The van der Waals surface area contributed by atoms with E-state index in [1.807, 2.05) is 5.38 Å². The number of rotatable bonds is 5. The van der Waals surface area contributed by atoms with E-state index < -0.39 is 0 Å². The minimum atomic E-state index is -0.274. The molecule has 0 unspecified atom stereocenters. The number of anilines is 2. The summed E-state index contributed by atoms with van der Waals surface area (Å²) in [6.07, 6.45) is 2.91. The number of thiophene rings is 1. The monoisotopic (exact) mass is 416 g/mol. The van der Waals surface area contributed by atoms with Gasteiger partial charge >= 0.3 is 0 Å².